The lowest BCUT2D eigenvalue weighted by atomic mass is 10.2. The number of hydrogen-bond acceptors (Lipinski definition) is 4. The van der Waals surface area contributed by atoms with Crippen molar-refractivity contribution in [1.29, 1.82) is 0 Å². The molecule has 1 fully saturated rings. The molecule has 0 spiro atoms. The van der Waals surface area contributed by atoms with Crippen LogP contribution in [0.5, 0.6) is 0 Å². The number of piperazine rings is 1. The summed E-state index contributed by atoms with van der Waals surface area (Å²) in [6.45, 7) is 3.45. The highest BCUT2D eigenvalue weighted by molar-refractivity contribution is 7.18. The van der Waals surface area contributed by atoms with E-state index in [1.54, 1.807) is 11.3 Å². The Hall–Kier alpha value is -2.31. The standard InChI is InChI=1S/C19H19ClN4OS/c20-14-4-3-5-15(12-14)23-8-10-24(11-9-23)19(25)21-13-18-22-16-6-1-2-7-17(16)26-18/h1-7,12H,8-11,13H2,(H,21,25). The van der Waals surface area contributed by atoms with Crippen LogP contribution in [0.25, 0.3) is 10.2 Å². The topological polar surface area (TPSA) is 48.5 Å². The van der Waals surface area contributed by atoms with Crippen LogP contribution in [-0.4, -0.2) is 42.1 Å². The summed E-state index contributed by atoms with van der Waals surface area (Å²) in [5.74, 6) is 0. The van der Waals surface area contributed by atoms with Gasteiger partial charge in [-0.1, -0.05) is 29.8 Å². The van der Waals surface area contributed by atoms with E-state index in [0.717, 1.165) is 39.0 Å². The van der Waals surface area contributed by atoms with Crippen LogP contribution in [0.15, 0.2) is 48.5 Å². The number of para-hydroxylation sites is 1. The van der Waals surface area contributed by atoms with Gasteiger partial charge in [-0.25, -0.2) is 9.78 Å². The summed E-state index contributed by atoms with van der Waals surface area (Å²) in [6, 6.07) is 15.8. The molecule has 0 radical (unpaired) electrons. The van der Waals surface area contributed by atoms with Gasteiger partial charge >= 0.3 is 6.03 Å². The number of rotatable bonds is 3. The number of hydrogen-bond donors (Lipinski definition) is 1. The molecule has 134 valence electrons. The van der Waals surface area contributed by atoms with Gasteiger partial charge in [-0.3, -0.25) is 0 Å². The van der Waals surface area contributed by atoms with Gasteiger partial charge < -0.3 is 15.1 Å². The van der Waals surface area contributed by atoms with Crippen molar-refractivity contribution in [1.82, 2.24) is 15.2 Å². The van der Waals surface area contributed by atoms with Gasteiger partial charge in [-0.2, -0.15) is 0 Å². The SMILES string of the molecule is O=C(NCc1nc2ccccc2s1)N1CCN(c2cccc(Cl)c2)CC1. The van der Waals surface area contributed by atoms with E-state index < -0.39 is 0 Å². The minimum Gasteiger partial charge on any atom is -0.368 e. The predicted octanol–water partition coefficient (Wildman–Crippen LogP) is 3.98. The Morgan fingerprint density at radius 3 is 2.69 bits per heavy atom. The summed E-state index contributed by atoms with van der Waals surface area (Å²) in [6.07, 6.45) is 0. The molecule has 1 N–H and O–H groups in total. The van der Waals surface area contributed by atoms with E-state index in [1.807, 2.05) is 47.4 Å². The number of nitrogens with one attached hydrogen (secondary N) is 1. The van der Waals surface area contributed by atoms with Crippen LogP contribution >= 0.6 is 22.9 Å². The first kappa shape index (κ1) is 17.1. The smallest absolute Gasteiger partial charge is 0.317 e. The minimum atomic E-state index is -0.0324. The van der Waals surface area contributed by atoms with Gasteiger partial charge in [0, 0.05) is 36.9 Å². The van der Waals surface area contributed by atoms with Crippen molar-refractivity contribution in [2.45, 2.75) is 6.54 Å². The molecule has 2 aromatic carbocycles. The van der Waals surface area contributed by atoms with Crippen LogP contribution in [0.3, 0.4) is 0 Å². The molecule has 1 saturated heterocycles. The average molecular weight is 387 g/mol. The van der Waals surface area contributed by atoms with Crippen molar-refractivity contribution in [2.24, 2.45) is 0 Å². The van der Waals surface area contributed by atoms with E-state index in [-0.39, 0.29) is 6.03 Å². The third kappa shape index (κ3) is 3.76. The van der Waals surface area contributed by atoms with E-state index in [2.05, 4.69) is 21.3 Å². The summed E-state index contributed by atoms with van der Waals surface area (Å²) in [4.78, 5) is 21.1. The van der Waals surface area contributed by atoms with Gasteiger partial charge in [0.2, 0.25) is 0 Å². The van der Waals surface area contributed by atoms with Crippen LogP contribution in [-0.2, 0) is 6.54 Å². The Bertz CT molecular complexity index is 888. The number of benzene rings is 2. The largest absolute Gasteiger partial charge is 0.368 e. The number of carbonyl (C=O) groups excluding carboxylic acids is 1. The molecule has 0 atom stereocenters. The molecule has 1 aliphatic rings. The van der Waals surface area contributed by atoms with E-state index in [0.29, 0.717) is 19.6 Å². The Morgan fingerprint density at radius 2 is 1.92 bits per heavy atom. The van der Waals surface area contributed by atoms with Crippen molar-refractivity contribution in [3.63, 3.8) is 0 Å². The fourth-order valence-electron chi connectivity index (χ4n) is 3.10. The van der Waals surface area contributed by atoms with Crippen LogP contribution in [0, 0.1) is 0 Å². The number of anilines is 1. The number of nitrogens with zero attached hydrogens (tertiary/aromatic N) is 3. The first-order valence-electron chi connectivity index (χ1n) is 8.57. The molecular formula is C19H19ClN4OS. The lowest BCUT2D eigenvalue weighted by molar-refractivity contribution is 0.194. The van der Waals surface area contributed by atoms with Crippen LogP contribution < -0.4 is 10.2 Å². The van der Waals surface area contributed by atoms with Crippen molar-refractivity contribution in [3.8, 4) is 0 Å². The summed E-state index contributed by atoms with van der Waals surface area (Å²) in [7, 11) is 0. The predicted molar refractivity (Wildman–Crippen MR) is 107 cm³/mol. The first-order chi connectivity index (χ1) is 12.7. The molecule has 4 rings (SSSR count). The number of carbonyl (C=O) groups is 1. The molecule has 2 amide bonds. The highest BCUT2D eigenvalue weighted by atomic mass is 35.5. The highest BCUT2D eigenvalue weighted by Gasteiger charge is 2.21. The van der Waals surface area contributed by atoms with E-state index in [1.165, 1.54) is 0 Å². The van der Waals surface area contributed by atoms with Gasteiger partial charge in [0.05, 0.1) is 16.8 Å². The second kappa shape index (κ2) is 7.51. The zero-order valence-corrected chi connectivity index (χ0v) is 15.8. The molecule has 0 saturated carbocycles. The van der Waals surface area contributed by atoms with Gasteiger partial charge in [0.25, 0.3) is 0 Å². The highest BCUT2D eigenvalue weighted by Crippen LogP contribution is 2.22. The molecule has 7 heteroatoms. The number of halogens is 1. The fourth-order valence-corrected chi connectivity index (χ4v) is 4.19. The van der Waals surface area contributed by atoms with Gasteiger partial charge in [-0.15, -0.1) is 11.3 Å². The molecule has 2 heterocycles. The maximum atomic E-state index is 12.4. The summed E-state index contributed by atoms with van der Waals surface area (Å²) in [5.41, 5.74) is 2.09. The van der Waals surface area contributed by atoms with E-state index in [9.17, 15) is 4.79 Å². The number of aromatic nitrogens is 1. The zero-order valence-electron chi connectivity index (χ0n) is 14.2. The molecule has 0 aliphatic carbocycles. The number of fused-ring (bicyclic) bond motifs is 1. The zero-order chi connectivity index (χ0) is 17.9. The lowest BCUT2D eigenvalue weighted by Gasteiger charge is -2.36. The molecular weight excluding hydrogens is 368 g/mol. The number of amides is 2. The fraction of sp³-hybridized carbons (Fsp3) is 0.263. The molecule has 1 aromatic heterocycles. The average Bonchev–Trinajstić information content (AvgIpc) is 3.09. The molecule has 0 bridgehead atoms. The van der Waals surface area contributed by atoms with Crippen molar-refractivity contribution < 1.29 is 4.79 Å². The summed E-state index contributed by atoms with van der Waals surface area (Å²) >= 11 is 7.69. The van der Waals surface area contributed by atoms with Crippen LogP contribution in [0.1, 0.15) is 5.01 Å². The van der Waals surface area contributed by atoms with Gasteiger partial charge in [-0.05, 0) is 30.3 Å². The van der Waals surface area contributed by atoms with Crippen molar-refractivity contribution in [2.75, 3.05) is 31.1 Å². The quantitative estimate of drug-likeness (QED) is 0.740. The Morgan fingerprint density at radius 1 is 1.12 bits per heavy atom. The van der Waals surface area contributed by atoms with Gasteiger partial charge in [0.15, 0.2) is 0 Å². The molecule has 0 unspecified atom stereocenters. The van der Waals surface area contributed by atoms with E-state index in [4.69, 9.17) is 11.6 Å². The van der Waals surface area contributed by atoms with Crippen LogP contribution in [0.2, 0.25) is 5.02 Å². The maximum absolute atomic E-state index is 12.4. The van der Waals surface area contributed by atoms with Crippen molar-refractivity contribution >= 4 is 44.9 Å². The molecule has 3 aromatic rings. The second-order valence-electron chi connectivity index (χ2n) is 6.19. The summed E-state index contributed by atoms with van der Waals surface area (Å²) < 4.78 is 1.15. The third-order valence-corrected chi connectivity index (χ3v) is 5.74. The lowest BCUT2D eigenvalue weighted by Crippen LogP contribution is -2.51. The van der Waals surface area contributed by atoms with Crippen molar-refractivity contribution in [3.05, 3.63) is 58.6 Å². The Labute approximate surface area is 161 Å². The van der Waals surface area contributed by atoms with E-state index >= 15 is 0 Å². The molecule has 1 aliphatic heterocycles. The Balaban J connectivity index is 1.30. The molecule has 5 nitrogen and oxygen atoms in total. The normalized spacial score (nSPS) is 14.7. The first-order valence-corrected chi connectivity index (χ1v) is 9.76. The number of thiazole rings is 1. The van der Waals surface area contributed by atoms with Gasteiger partial charge in [0.1, 0.15) is 5.01 Å². The second-order valence-corrected chi connectivity index (χ2v) is 7.74. The monoisotopic (exact) mass is 386 g/mol. The maximum Gasteiger partial charge on any atom is 0.317 e. The Kier molecular flexibility index (Phi) is 4.95. The summed E-state index contributed by atoms with van der Waals surface area (Å²) in [5, 5.41) is 4.65. The third-order valence-electron chi connectivity index (χ3n) is 4.47. The minimum absolute atomic E-state index is 0.0324. The van der Waals surface area contributed by atoms with Crippen LogP contribution in [0.4, 0.5) is 10.5 Å². The molecule has 26 heavy (non-hydrogen) atoms. The number of urea groups is 1.